The largest absolute Gasteiger partial charge is 0.392 e. The Balaban J connectivity index is 2.53. The summed E-state index contributed by atoms with van der Waals surface area (Å²) in [7, 11) is 1.65. The van der Waals surface area contributed by atoms with Gasteiger partial charge in [0, 0.05) is 5.69 Å². The highest BCUT2D eigenvalue weighted by Crippen LogP contribution is 2.09. The topological polar surface area (TPSA) is 120 Å². The van der Waals surface area contributed by atoms with Crippen LogP contribution in [0.1, 0.15) is 25.8 Å². The SMILES string of the molecule is CNCC(=O)NC(CC(C)C)C(=O)NCC(=O)Nc1ccc(CO)cc1. The van der Waals surface area contributed by atoms with Crippen LogP contribution in [0.4, 0.5) is 5.69 Å². The van der Waals surface area contributed by atoms with Crippen LogP contribution < -0.4 is 21.3 Å². The van der Waals surface area contributed by atoms with E-state index in [4.69, 9.17) is 5.11 Å². The van der Waals surface area contributed by atoms with Crippen molar-refractivity contribution in [2.75, 3.05) is 25.5 Å². The molecule has 144 valence electrons. The van der Waals surface area contributed by atoms with Crippen molar-refractivity contribution in [3.8, 4) is 0 Å². The lowest BCUT2D eigenvalue weighted by atomic mass is 10.0. The molecule has 5 N–H and O–H groups in total. The maximum Gasteiger partial charge on any atom is 0.243 e. The lowest BCUT2D eigenvalue weighted by Gasteiger charge is -2.20. The van der Waals surface area contributed by atoms with Gasteiger partial charge < -0.3 is 26.4 Å². The molecule has 3 amide bonds. The molecule has 0 aliphatic rings. The minimum absolute atomic E-state index is 0.0687. The summed E-state index contributed by atoms with van der Waals surface area (Å²) < 4.78 is 0. The summed E-state index contributed by atoms with van der Waals surface area (Å²) in [5, 5.41) is 19.6. The molecule has 1 atom stereocenters. The van der Waals surface area contributed by atoms with E-state index in [1.165, 1.54) is 0 Å². The first-order valence-corrected chi connectivity index (χ1v) is 8.57. The number of hydrogen-bond acceptors (Lipinski definition) is 5. The summed E-state index contributed by atoms with van der Waals surface area (Å²) in [5.74, 6) is -0.838. The first kappa shape index (κ1) is 21.6. The number of anilines is 1. The second-order valence-corrected chi connectivity index (χ2v) is 6.40. The van der Waals surface area contributed by atoms with E-state index in [0.29, 0.717) is 12.1 Å². The number of benzene rings is 1. The minimum atomic E-state index is -0.688. The second kappa shape index (κ2) is 11.2. The molecule has 0 bridgehead atoms. The predicted octanol–water partition coefficient (Wildman–Crippen LogP) is -0.0161. The van der Waals surface area contributed by atoms with Gasteiger partial charge in [-0.2, -0.15) is 0 Å². The van der Waals surface area contributed by atoms with Gasteiger partial charge in [0.15, 0.2) is 0 Å². The van der Waals surface area contributed by atoms with Crippen LogP contribution in [0.2, 0.25) is 0 Å². The van der Waals surface area contributed by atoms with E-state index in [1.807, 2.05) is 13.8 Å². The first-order valence-electron chi connectivity index (χ1n) is 8.57. The maximum atomic E-state index is 12.3. The van der Waals surface area contributed by atoms with Crippen LogP contribution >= 0.6 is 0 Å². The van der Waals surface area contributed by atoms with Crippen molar-refractivity contribution in [3.05, 3.63) is 29.8 Å². The zero-order valence-electron chi connectivity index (χ0n) is 15.5. The van der Waals surface area contributed by atoms with Crippen molar-refractivity contribution in [2.45, 2.75) is 32.9 Å². The second-order valence-electron chi connectivity index (χ2n) is 6.40. The Bertz CT molecular complexity index is 602. The fourth-order valence-electron chi connectivity index (χ4n) is 2.30. The molecule has 8 heteroatoms. The molecule has 0 aliphatic heterocycles. The van der Waals surface area contributed by atoms with Gasteiger partial charge in [-0.1, -0.05) is 26.0 Å². The van der Waals surface area contributed by atoms with Gasteiger partial charge in [-0.25, -0.2) is 0 Å². The minimum Gasteiger partial charge on any atom is -0.392 e. The smallest absolute Gasteiger partial charge is 0.243 e. The molecule has 0 fully saturated rings. The Morgan fingerprint density at radius 3 is 2.23 bits per heavy atom. The summed E-state index contributed by atoms with van der Waals surface area (Å²) in [4.78, 5) is 36.0. The Kier molecular flexibility index (Phi) is 9.32. The van der Waals surface area contributed by atoms with E-state index in [0.717, 1.165) is 5.56 Å². The molecular weight excluding hydrogens is 336 g/mol. The van der Waals surface area contributed by atoms with E-state index in [2.05, 4.69) is 21.3 Å². The average Bonchev–Trinajstić information content (AvgIpc) is 2.59. The van der Waals surface area contributed by atoms with E-state index in [1.54, 1.807) is 31.3 Å². The molecule has 0 radical (unpaired) electrons. The summed E-state index contributed by atoms with van der Waals surface area (Å²) in [6, 6.07) is 6.05. The van der Waals surface area contributed by atoms with Gasteiger partial charge in [0.25, 0.3) is 0 Å². The zero-order chi connectivity index (χ0) is 19.5. The van der Waals surface area contributed by atoms with E-state index in [9.17, 15) is 14.4 Å². The van der Waals surface area contributed by atoms with Gasteiger partial charge in [-0.3, -0.25) is 14.4 Å². The number of hydrogen-bond donors (Lipinski definition) is 5. The monoisotopic (exact) mass is 364 g/mol. The highest BCUT2D eigenvalue weighted by atomic mass is 16.3. The van der Waals surface area contributed by atoms with Crippen molar-refractivity contribution in [3.63, 3.8) is 0 Å². The molecular formula is C18H28N4O4. The predicted molar refractivity (Wildman–Crippen MR) is 99.3 cm³/mol. The van der Waals surface area contributed by atoms with Gasteiger partial charge in [0.05, 0.1) is 19.7 Å². The fraction of sp³-hybridized carbons (Fsp3) is 0.500. The van der Waals surface area contributed by atoms with Crippen molar-refractivity contribution < 1.29 is 19.5 Å². The Morgan fingerprint density at radius 1 is 1.04 bits per heavy atom. The molecule has 0 aromatic heterocycles. The third kappa shape index (κ3) is 8.09. The number of carbonyl (C=O) groups is 3. The number of nitrogens with one attached hydrogen (secondary N) is 4. The molecule has 0 heterocycles. The zero-order valence-corrected chi connectivity index (χ0v) is 15.5. The van der Waals surface area contributed by atoms with Gasteiger partial charge in [-0.15, -0.1) is 0 Å². The lowest BCUT2D eigenvalue weighted by Crippen LogP contribution is -2.50. The number of likely N-dealkylation sites (N-methyl/N-ethyl adjacent to an activating group) is 1. The van der Waals surface area contributed by atoms with Crippen LogP contribution in [0, 0.1) is 5.92 Å². The van der Waals surface area contributed by atoms with E-state index < -0.39 is 11.9 Å². The van der Waals surface area contributed by atoms with Crippen LogP contribution in [0.25, 0.3) is 0 Å². The fourth-order valence-corrected chi connectivity index (χ4v) is 2.30. The highest BCUT2D eigenvalue weighted by Gasteiger charge is 2.22. The lowest BCUT2D eigenvalue weighted by molar-refractivity contribution is -0.129. The van der Waals surface area contributed by atoms with Crippen molar-refractivity contribution >= 4 is 23.4 Å². The number of carbonyl (C=O) groups excluding carboxylic acids is 3. The Hall–Kier alpha value is -2.45. The molecule has 8 nitrogen and oxygen atoms in total. The summed E-state index contributed by atoms with van der Waals surface area (Å²) in [5.41, 5.74) is 1.31. The van der Waals surface area contributed by atoms with Gasteiger partial charge in [0.2, 0.25) is 17.7 Å². The molecule has 0 aliphatic carbocycles. The Morgan fingerprint density at radius 2 is 1.69 bits per heavy atom. The van der Waals surface area contributed by atoms with Crippen LogP contribution in [0.15, 0.2) is 24.3 Å². The summed E-state index contributed by atoms with van der Waals surface area (Å²) >= 11 is 0. The third-order valence-corrected chi connectivity index (χ3v) is 3.54. The Labute approximate surface area is 153 Å². The van der Waals surface area contributed by atoms with Gasteiger partial charge in [0.1, 0.15) is 6.04 Å². The van der Waals surface area contributed by atoms with Gasteiger partial charge >= 0.3 is 0 Å². The standard InChI is InChI=1S/C18H28N4O4/c1-12(2)8-15(22-16(24)9-19-3)18(26)20-10-17(25)21-14-6-4-13(11-23)5-7-14/h4-7,12,15,19,23H,8-11H2,1-3H3,(H,20,26)(H,21,25)(H,22,24). The van der Waals surface area contributed by atoms with E-state index >= 15 is 0 Å². The van der Waals surface area contributed by atoms with Gasteiger partial charge in [-0.05, 0) is 37.1 Å². The normalized spacial score (nSPS) is 11.7. The van der Waals surface area contributed by atoms with Crippen LogP contribution in [-0.4, -0.2) is 49.0 Å². The quantitative estimate of drug-likeness (QED) is 0.400. The van der Waals surface area contributed by atoms with Crippen LogP contribution in [0.5, 0.6) is 0 Å². The first-order chi connectivity index (χ1) is 12.3. The molecule has 26 heavy (non-hydrogen) atoms. The molecule has 0 saturated heterocycles. The average molecular weight is 364 g/mol. The number of rotatable bonds is 10. The molecule has 1 unspecified atom stereocenters. The van der Waals surface area contributed by atoms with Crippen molar-refractivity contribution in [2.24, 2.45) is 5.92 Å². The maximum absolute atomic E-state index is 12.3. The van der Waals surface area contributed by atoms with Crippen molar-refractivity contribution in [1.82, 2.24) is 16.0 Å². The molecule has 0 spiro atoms. The number of amides is 3. The summed E-state index contributed by atoms with van der Waals surface area (Å²) in [6.45, 7) is 3.75. The molecule has 1 aromatic rings. The molecule has 1 rings (SSSR count). The number of aliphatic hydroxyl groups excluding tert-OH is 1. The molecule has 1 aromatic carbocycles. The van der Waals surface area contributed by atoms with Crippen LogP contribution in [-0.2, 0) is 21.0 Å². The molecule has 0 saturated carbocycles. The third-order valence-electron chi connectivity index (χ3n) is 3.54. The number of aliphatic hydroxyl groups is 1. The van der Waals surface area contributed by atoms with Crippen molar-refractivity contribution in [1.29, 1.82) is 0 Å². The highest BCUT2D eigenvalue weighted by molar-refractivity contribution is 5.96. The summed E-state index contributed by atoms with van der Waals surface area (Å²) in [6.07, 6.45) is 0.478. The van der Waals surface area contributed by atoms with E-state index in [-0.39, 0.29) is 37.4 Å². The van der Waals surface area contributed by atoms with Crippen LogP contribution in [0.3, 0.4) is 0 Å².